The van der Waals surface area contributed by atoms with Gasteiger partial charge in [0.05, 0.1) is 6.21 Å². The van der Waals surface area contributed by atoms with Gasteiger partial charge < -0.3 is 0 Å². The molecular formula is C18H20ClN3. The van der Waals surface area contributed by atoms with Crippen LogP contribution < -0.4 is 0 Å². The fourth-order valence-electron chi connectivity index (χ4n) is 2.57. The average molecular weight is 314 g/mol. The lowest BCUT2D eigenvalue weighted by Crippen LogP contribution is -2.43. The van der Waals surface area contributed by atoms with E-state index in [4.69, 9.17) is 11.6 Å². The Morgan fingerprint density at radius 1 is 0.909 bits per heavy atom. The SMILES string of the molecule is Clc1ccccc1CN1CCN(/N=C\c2ccccc2)CC1. The smallest absolute Gasteiger partial charge is 0.0542 e. The van der Waals surface area contributed by atoms with Gasteiger partial charge in [-0.3, -0.25) is 9.91 Å². The van der Waals surface area contributed by atoms with Gasteiger partial charge in [-0.1, -0.05) is 60.1 Å². The van der Waals surface area contributed by atoms with E-state index in [-0.39, 0.29) is 0 Å². The number of hydrogen-bond donors (Lipinski definition) is 0. The Hall–Kier alpha value is -1.84. The molecular weight excluding hydrogens is 294 g/mol. The molecule has 0 spiro atoms. The van der Waals surface area contributed by atoms with Crippen LogP contribution in [0, 0.1) is 0 Å². The first-order chi connectivity index (χ1) is 10.8. The Kier molecular flexibility index (Phi) is 5.09. The Bertz CT molecular complexity index is 619. The summed E-state index contributed by atoms with van der Waals surface area (Å²) in [5, 5.41) is 7.56. The molecule has 3 nitrogen and oxygen atoms in total. The van der Waals surface area contributed by atoms with E-state index < -0.39 is 0 Å². The van der Waals surface area contributed by atoms with Gasteiger partial charge in [-0.05, 0) is 17.2 Å². The predicted octanol–water partition coefficient (Wildman–Crippen LogP) is 3.49. The van der Waals surface area contributed by atoms with E-state index in [2.05, 4.69) is 33.2 Å². The van der Waals surface area contributed by atoms with E-state index in [0.29, 0.717) is 0 Å². The molecule has 2 aromatic rings. The predicted molar refractivity (Wildman–Crippen MR) is 92.3 cm³/mol. The second-order valence-corrected chi connectivity index (χ2v) is 5.88. The highest BCUT2D eigenvalue weighted by Gasteiger charge is 2.16. The molecule has 2 aromatic carbocycles. The number of nitrogens with zero attached hydrogens (tertiary/aromatic N) is 3. The van der Waals surface area contributed by atoms with Crippen LogP contribution in [0.1, 0.15) is 11.1 Å². The molecule has 0 aliphatic carbocycles. The number of hydrogen-bond acceptors (Lipinski definition) is 3. The van der Waals surface area contributed by atoms with E-state index >= 15 is 0 Å². The molecule has 0 saturated carbocycles. The molecule has 0 radical (unpaired) electrons. The molecule has 1 aliphatic rings. The van der Waals surface area contributed by atoms with Crippen molar-refractivity contribution in [2.45, 2.75) is 6.54 Å². The van der Waals surface area contributed by atoms with Crippen molar-refractivity contribution in [3.63, 3.8) is 0 Å². The molecule has 0 bridgehead atoms. The topological polar surface area (TPSA) is 18.8 Å². The van der Waals surface area contributed by atoms with Crippen LogP contribution in [0.25, 0.3) is 0 Å². The van der Waals surface area contributed by atoms with Crippen LogP contribution in [0.2, 0.25) is 5.02 Å². The number of rotatable bonds is 4. The summed E-state index contributed by atoms with van der Waals surface area (Å²) >= 11 is 6.23. The third-order valence-electron chi connectivity index (χ3n) is 3.87. The van der Waals surface area contributed by atoms with Gasteiger partial charge in [-0.2, -0.15) is 5.10 Å². The summed E-state index contributed by atoms with van der Waals surface area (Å²) in [4.78, 5) is 2.43. The molecule has 1 fully saturated rings. The van der Waals surface area contributed by atoms with Crippen molar-refractivity contribution in [2.75, 3.05) is 26.2 Å². The zero-order valence-electron chi connectivity index (χ0n) is 12.5. The van der Waals surface area contributed by atoms with Gasteiger partial charge in [0.1, 0.15) is 0 Å². The molecule has 1 saturated heterocycles. The van der Waals surface area contributed by atoms with Crippen LogP contribution in [-0.2, 0) is 6.54 Å². The minimum absolute atomic E-state index is 0.854. The van der Waals surface area contributed by atoms with E-state index in [1.54, 1.807) is 0 Å². The number of piperazine rings is 1. The summed E-state index contributed by atoms with van der Waals surface area (Å²) in [6.07, 6.45) is 1.93. The van der Waals surface area contributed by atoms with Gasteiger partial charge >= 0.3 is 0 Å². The lowest BCUT2D eigenvalue weighted by Gasteiger charge is -2.33. The van der Waals surface area contributed by atoms with Gasteiger partial charge in [0.15, 0.2) is 0 Å². The molecule has 3 rings (SSSR count). The standard InChI is InChI=1S/C18H20ClN3/c19-18-9-5-4-8-17(18)15-21-10-12-22(13-11-21)20-14-16-6-2-1-3-7-16/h1-9,14H,10-13,15H2/b20-14-. The van der Waals surface area contributed by atoms with Crippen LogP contribution in [0.4, 0.5) is 0 Å². The van der Waals surface area contributed by atoms with Crippen molar-refractivity contribution in [3.05, 3.63) is 70.7 Å². The van der Waals surface area contributed by atoms with E-state index in [0.717, 1.165) is 43.3 Å². The number of benzene rings is 2. The largest absolute Gasteiger partial charge is 0.295 e. The molecule has 4 heteroatoms. The van der Waals surface area contributed by atoms with Gasteiger partial charge in [0.25, 0.3) is 0 Å². The normalized spacial score (nSPS) is 16.3. The minimum atomic E-state index is 0.854. The molecule has 0 unspecified atom stereocenters. The van der Waals surface area contributed by atoms with Crippen molar-refractivity contribution < 1.29 is 0 Å². The quantitative estimate of drug-likeness (QED) is 0.805. The molecule has 0 aromatic heterocycles. The zero-order chi connectivity index (χ0) is 15.2. The minimum Gasteiger partial charge on any atom is -0.295 e. The first kappa shape index (κ1) is 15.1. The lowest BCUT2D eigenvalue weighted by molar-refractivity contribution is 0.131. The summed E-state index contributed by atoms with van der Waals surface area (Å²) in [6, 6.07) is 18.3. The molecule has 0 atom stereocenters. The monoisotopic (exact) mass is 313 g/mol. The van der Waals surface area contributed by atoms with Crippen molar-refractivity contribution >= 4 is 17.8 Å². The highest BCUT2D eigenvalue weighted by molar-refractivity contribution is 6.31. The van der Waals surface area contributed by atoms with E-state index in [1.807, 2.05) is 42.6 Å². The van der Waals surface area contributed by atoms with E-state index in [9.17, 15) is 0 Å². The third kappa shape index (κ3) is 4.09. The van der Waals surface area contributed by atoms with Gasteiger partial charge in [0.2, 0.25) is 0 Å². The van der Waals surface area contributed by atoms with Crippen LogP contribution in [0.5, 0.6) is 0 Å². The highest BCUT2D eigenvalue weighted by Crippen LogP contribution is 2.17. The van der Waals surface area contributed by atoms with Crippen LogP contribution in [-0.4, -0.2) is 42.3 Å². The average Bonchev–Trinajstić information content (AvgIpc) is 2.57. The molecule has 114 valence electrons. The van der Waals surface area contributed by atoms with Crippen LogP contribution in [0.15, 0.2) is 59.7 Å². The zero-order valence-corrected chi connectivity index (χ0v) is 13.3. The summed E-state index contributed by atoms with van der Waals surface area (Å²) in [6.45, 7) is 4.84. The summed E-state index contributed by atoms with van der Waals surface area (Å²) in [5.41, 5.74) is 2.34. The van der Waals surface area contributed by atoms with Crippen molar-refractivity contribution in [1.82, 2.24) is 9.91 Å². The van der Waals surface area contributed by atoms with Crippen molar-refractivity contribution in [1.29, 1.82) is 0 Å². The van der Waals surface area contributed by atoms with Crippen LogP contribution >= 0.6 is 11.6 Å². The molecule has 1 heterocycles. The maximum absolute atomic E-state index is 6.23. The fourth-order valence-corrected chi connectivity index (χ4v) is 2.76. The first-order valence-corrected chi connectivity index (χ1v) is 7.99. The summed E-state index contributed by atoms with van der Waals surface area (Å²) in [7, 11) is 0. The van der Waals surface area contributed by atoms with Crippen molar-refractivity contribution in [3.8, 4) is 0 Å². The van der Waals surface area contributed by atoms with Gasteiger partial charge in [-0.25, -0.2) is 0 Å². The Balaban J connectivity index is 1.50. The Labute approximate surface area is 136 Å². The Morgan fingerprint density at radius 2 is 1.59 bits per heavy atom. The maximum Gasteiger partial charge on any atom is 0.0542 e. The second-order valence-electron chi connectivity index (χ2n) is 5.48. The van der Waals surface area contributed by atoms with E-state index in [1.165, 1.54) is 5.56 Å². The summed E-state index contributed by atoms with van der Waals surface area (Å²) in [5.74, 6) is 0. The van der Waals surface area contributed by atoms with Crippen molar-refractivity contribution in [2.24, 2.45) is 5.10 Å². The maximum atomic E-state index is 6.23. The Morgan fingerprint density at radius 3 is 2.32 bits per heavy atom. The third-order valence-corrected chi connectivity index (χ3v) is 4.24. The first-order valence-electron chi connectivity index (χ1n) is 7.61. The van der Waals surface area contributed by atoms with Gasteiger partial charge in [-0.15, -0.1) is 0 Å². The second kappa shape index (κ2) is 7.43. The fraction of sp³-hybridized carbons (Fsp3) is 0.278. The summed E-state index contributed by atoms with van der Waals surface area (Å²) < 4.78 is 0. The lowest BCUT2D eigenvalue weighted by atomic mass is 10.2. The van der Waals surface area contributed by atoms with Crippen LogP contribution in [0.3, 0.4) is 0 Å². The number of hydrazone groups is 1. The highest BCUT2D eigenvalue weighted by atomic mass is 35.5. The molecule has 1 aliphatic heterocycles. The molecule has 0 N–H and O–H groups in total. The molecule has 22 heavy (non-hydrogen) atoms. The molecule has 0 amide bonds. The number of halogens is 1. The van der Waals surface area contributed by atoms with Gasteiger partial charge in [0, 0.05) is 37.7 Å².